The molecule has 0 aliphatic heterocycles. The third-order valence-corrected chi connectivity index (χ3v) is 4.69. The van der Waals surface area contributed by atoms with Crippen LogP contribution >= 0.6 is 0 Å². The summed E-state index contributed by atoms with van der Waals surface area (Å²) in [5, 5.41) is 10.2. The molecule has 1 fully saturated rings. The highest BCUT2D eigenvalue weighted by atomic mass is 19.3. The van der Waals surface area contributed by atoms with E-state index in [1.165, 1.54) is 12.1 Å². The summed E-state index contributed by atoms with van der Waals surface area (Å²) in [5.41, 5.74) is -0.641. The van der Waals surface area contributed by atoms with Gasteiger partial charge in [0, 0.05) is 6.42 Å². The zero-order chi connectivity index (χ0) is 17.7. The maximum atomic E-state index is 13.2. The van der Waals surface area contributed by atoms with Crippen LogP contribution in [0, 0.1) is 11.8 Å². The van der Waals surface area contributed by atoms with E-state index in [1.807, 2.05) is 6.08 Å². The van der Waals surface area contributed by atoms with Crippen molar-refractivity contribution in [2.24, 2.45) is 11.8 Å². The van der Waals surface area contributed by atoms with Gasteiger partial charge in [-0.3, -0.25) is 4.79 Å². The lowest BCUT2D eigenvalue weighted by Crippen LogP contribution is -2.16. The number of hydrogen-bond donors (Lipinski definition) is 1. The van der Waals surface area contributed by atoms with Crippen molar-refractivity contribution >= 4 is 5.78 Å². The molecule has 0 atom stereocenters. The highest BCUT2D eigenvalue weighted by Crippen LogP contribution is 2.40. The average Bonchev–Trinajstić information content (AvgIpc) is 2.55. The number of benzene rings is 1. The minimum Gasteiger partial charge on any atom is -0.507 e. The molecule has 1 aromatic carbocycles. The molecule has 132 valence electrons. The second-order valence-electron chi connectivity index (χ2n) is 6.25. The molecule has 0 saturated heterocycles. The van der Waals surface area contributed by atoms with Crippen molar-refractivity contribution in [2.75, 3.05) is 6.61 Å². The summed E-state index contributed by atoms with van der Waals surface area (Å²) in [6, 6.07) is 2.72. The predicted molar refractivity (Wildman–Crippen MR) is 88.8 cm³/mol. The fraction of sp³-hybridized carbons (Fsp3) is 0.526. The summed E-state index contributed by atoms with van der Waals surface area (Å²) in [6.45, 7) is 5.68. The monoisotopic (exact) mass is 338 g/mol. The number of ketones is 1. The molecule has 1 aliphatic carbocycles. The smallest absolute Gasteiger partial charge is 0.271 e. The minimum atomic E-state index is -2.90. The molecule has 0 bridgehead atoms. The van der Waals surface area contributed by atoms with Crippen molar-refractivity contribution in [1.29, 1.82) is 0 Å². The molecule has 3 nitrogen and oxygen atoms in total. The van der Waals surface area contributed by atoms with Gasteiger partial charge >= 0.3 is 0 Å². The summed E-state index contributed by atoms with van der Waals surface area (Å²) >= 11 is 0. The number of allylic oxidation sites excluding steroid dienone is 1. The number of ether oxygens (including phenoxy) is 1. The number of Topliss-reactive ketones (excluding diaryl/α,β-unsaturated/α-hetero) is 1. The molecule has 0 heterocycles. The van der Waals surface area contributed by atoms with Gasteiger partial charge in [0.1, 0.15) is 17.1 Å². The van der Waals surface area contributed by atoms with Gasteiger partial charge in [-0.1, -0.05) is 6.08 Å². The van der Waals surface area contributed by atoms with E-state index in [9.17, 15) is 18.7 Å². The van der Waals surface area contributed by atoms with Gasteiger partial charge in [0.05, 0.1) is 12.2 Å². The average molecular weight is 338 g/mol. The summed E-state index contributed by atoms with van der Waals surface area (Å²) in [5.74, 6) is -0.288. The largest absolute Gasteiger partial charge is 0.507 e. The Morgan fingerprint density at radius 1 is 1.38 bits per heavy atom. The molecule has 0 radical (unpaired) electrons. The van der Waals surface area contributed by atoms with Gasteiger partial charge in [-0.05, 0) is 56.6 Å². The predicted octanol–water partition coefficient (Wildman–Crippen LogP) is 5.29. The Balaban J connectivity index is 2.15. The summed E-state index contributed by atoms with van der Waals surface area (Å²) in [4.78, 5) is 12.5. The molecule has 5 heteroatoms. The molecule has 2 rings (SSSR count). The lowest BCUT2D eigenvalue weighted by molar-refractivity contribution is 0.0942. The number of aromatic hydroxyl groups is 1. The number of carbonyl (C=O) groups is 1. The van der Waals surface area contributed by atoms with Crippen LogP contribution in [-0.2, 0) is 0 Å². The van der Waals surface area contributed by atoms with Gasteiger partial charge in [-0.15, -0.1) is 6.58 Å². The third kappa shape index (κ3) is 4.13. The Labute approximate surface area is 141 Å². The number of alkyl halides is 2. The van der Waals surface area contributed by atoms with Crippen molar-refractivity contribution in [2.45, 2.75) is 45.5 Å². The number of halogens is 2. The number of rotatable bonds is 7. The first-order chi connectivity index (χ1) is 11.5. The van der Waals surface area contributed by atoms with E-state index in [1.54, 1.807) is 6.92 Å². The highest BCUT2D eigenvalue weighted by molar-refractivity contribution is 5.99. The Bertz CT molecular complexity index is 591. The zero-order valence-corrected chi connectivity index (χ0v) is 13.9. The molecule has 1 aliphatic rings. The van der Waals surface area contributed by atoms with E-state index < -0.39 is 17.7 Å². The van der Waals surface area contributed by atoms with Gasteiger partial charge in [0.2, 0.25) is 0 Å². The van der Waals surface area contributed by atoms with Crippen LogP contribution in [0.3, 0.4) is 0 Å². The molecule has 1 N–H and O–H groups in total. The molecule has 0 spiro atoms. The van der Waals surface area contributed by atoms with E-state index in [0.29, 0.717) is 5.92 Å². The lowest BCUT2D eigenvalue weighted by atomic mass is 9.79. The van der Waals surface area contributed by atoms with Crippen molar-refractivity contribution < 1.29 is 23.4 Å². The van der Waals surface area contributed by atoms with Crippen LogP contribution in [0.2, 0.25) is 0 Å². The maximum absolute atomic E-state index is 13.2. The number of phenolic OH excluding ortho intramolecular Hbond substituents is 1. The number of carbonyl (C=O) groups excluding carboxylic acids is 1. The topological polar surface area (TPSA) is 46.5 Å². The minimum absolute atomic E-state index is 0.0420. The fourth-order valence-electron chi connectivity index (χ4n) is 3.31. The fourth-order valence-corrected chi connectivity index (χ4v) is 3.31. The Kier molecular flexibility index (Phi) is 6.35. The number of phenols is 1. The van der Waals surface area contributed by atoms with Crippen molar-refractivity contribution in [3.8, 4) is 11.5 Å². The molecule has 0 unspecified atom stereocenters. The normalized spacial score (nSPS) is 20.8. The Morgan fingerprint density at radius 3 is 2.58 bits per heavy atom. The van der Waals surface area contributed by atoms with E-state index >= 15 is 0 Å². The van der Waals surface area contributed by atoms with E-state index in [0.717, 1.165) is 25.7 Å². The molecule has 0 amide bonds. The van der Waals surface area contributed by atoms with Crippen molar-refractivity contribution in [3.05, 3.63) is 35.9 Å². The van der Waals surface area contributed by atoms with Gasteiger partial charge in [0.25, 0.3) is 6.43 Å². The van der Waals surface area contributed by atoms with E-state index in [4.69, 9.17) is 4.74 Å². The van der Waals surface area contributed by atoms with Crippen LogP contribution in [0.15, 0.2) is 24.8 Å². The SMILES string of the molecule is C=CC1CCC(CC(=O)c2ccc(OCC)c(C(F)F)c2O)CC1. The van der Waals surface area contributed by atoms with Crippen LogP contribution in [0.4, 0.5) is 8.78 Å². The molecular formula is C19H24F2O3. The van der Waals surface area contributed by atoms with Gasteiger partial charge < -0.3 is 9.84 Å². The van der Waals surface area contributed by atoms with Gasteiger partial charge in [-0.25, -0.2) is 8.78 Å². The first-order valence-corrected chi connectivity index (χ1v) is 8.40. The van der Waals surface area contributed by atoms with Crippen molar-refractivity contribution in [3.63, 3.8) is 0 Å². The van der Waals surface area contributed by atoms with Crippen LogP contribution < -0.4 is 4.74 Å². The Hall–Kier alpha value is -1.91. The summed E-state index contributed by atoms with van der Waals surface area (Å²) < 4.78 is 31.6. The Morgan fingerprint density at radius 2 is 2.04 bits per heavy atom. The first-order valence-electron chi connectivity index (χ1n) is 8.40. The van der Waals surface area contributed by atoms with Crippen LogP contribution in [-0.4, -0.2) is 17.5 Å². The highest BCUT2D eigenvalue weighted by Gasteiger charge is 2.27. The molecule has 1 saturated carbocycles. The second kappa shape index (κ2) is 8.27. The molecular weight excluding hydrogens is 314 g/mol. The van der Waals surface area contributed by atoms with Crippen LogP contribution in [0.1, 0.15) is 61.4 Å². The van der Waals surface area contributed by atoms with Gasteiger partial charge in [-0.2, -0.15) is 0 Å². The van der Waals surface area contributed by atoms with Crippen LogP contribution in [0.25, 0.3) is 0 Å². The van der Waals surface area contributed by atoms with Crippen LogP contribution in [0.5, 0.6) is 11.5 Å². The number of hydrogen-bond acceptors (Lipinski definition) is 3. The van der Waals surface area contributed by atoms with Crippen molar-refractivity contribution in [1.82, 2.24) is 0 Å². The van der Waals surface area contributed by atoms with Gasteiger partial charge in [0.15, 0.2) is 5.78 Å². The molecule has 24 heavy (non-hydrogen) atoms. The standard InChI is InChI=1S/C19H24F2O3/c1-3-12-5-7-13(8-6-12)11-15(22)14-9-10-16(24-4-2)17(18(14)23)19(20)21/h3,9-10,12-13,19,23H,1,4-8,11H2,2H3. The lowest BCUT2D eigenvalue weighted by Gasteiger charge is -2.26. The first kappa shape index (κ1) is 18.4. The summed E-state index contributed by atoms with van der Waals surface area (Å²) in [6.07, 6.45) is 3.16. The quantitative estimate of drug-likeness (QED) is 0.542. The molecule has 1 aromatic rings. The zero-order valence-electron chi connectivity index (χ0n) is 13.9. The second-order valence-corrected chi connectivity index (χ2v) is 6.25. The molecule has 0 aromatic heterocycles. The third-order valence-electron chi connectivity index (χ3n) is 4.69. The van der Waals surface area contributed by atoms with E-state index in [-0.39, 0.29) is 36.0 Å². The maximum Gasteiger partial charge on any atom is 0.271 e. The van der Waals surface area contributed by atoms with E-state index in [2.05, 4.69) is 6.58 Å². The summed E-state index contributed by atoms with van der Waals surface area (Å²) in [7, 11) is 0.